The van der Waals surface area contributed by atoms with E-state index in [9.17, 15) is 9.90 Å². The normalized spacial score (nSPS) is 13.3. The summed E-state index contributed by atoms with van der Waals surface area (Å²) in [5.74, 6) is -0.760. The van der Waals surface area contributed by atoms with Gasteiger partial charge in [0.05, 0.1) is 18.1 Å². The molecule has 0 aliphatic rings. The molecule has 1 rings (SSSR count). The van der Waals surface area contributed by atoms with Crippen molar-refractivity contribution in [2.75, 3.05) is 0 Å². The zero-order chi connectivity index (χ0) is 12.3. The number of nitrogens with zero attached hydrogens (tertiary/aromatic N) is 2. The van der Waals surface area contributed by atoms with Gasteiger partial charge in [0.1, 0.15) is 10.8 Å². The minimum Gasteiger partial charge on any atom is -0.458 e. The maximum Gasteiger partial charge on any atom is 0.341 e. The van der Waals surface area contributed by atoms with E-state index >= 15 is 0 Å². The van der Waals surface area contributed by atoms with Crippen molar-refractivity contribution in [1.82, 2.24) is 9.97 Å². The predicted molar refractivity (Wildman–Crippen MR) is 57.8 cm³/mol. The summed E-state index contributed by atoms with van der Waals surface area (Å²) < 4.78 is 4.99. The van der Waals surface area contributed by atoms with Crippen LogP contribution in [-0.2, 0) is 9.53 Å². The fourth-order valence-electron chi connectivity index (χ4n) is 0.942. The van der Waals surface area contributed by atoms with Gasteiger partial charge in [-0.2, -0.15) is 0 Å². The van der Waals surface area contributed by atoms with Gasteiger partial charge in [-0.25, -0.2) is 9.78 Å². The number of hydrogen-bond acceptors (Lipinski definition) is 5. The third-order valence-electron chi connectivity index (χ3n) is 1.55. The predicted octanol–water partition coefficient (Wildman–Crippen LogP) is 1.51. The van der Waals surface area contributed by atoms with Crippen LogP contribution in [0.15, 0.2) is 12.4 Å². The van der Waals surface area contributed by atoms with Gasteiger partial charge >= 0.3 is 5.97 Å². The average Bonchev–Trinajstić information content (AvgIpc) is 2.15. The molecule has 0 bridgehead atoms. The summed E-state index contributed by atoms with van der Waals surface area (Å²) in [7, 11) is 0. The number of carbonyl (C=O) groups excluding carboxylic acids is 1. The van der Waals surface area contributed by atoms with Gasteiger partial charge in [-0.3, -0.25) is 4.98 Å². The highest BCUT2D eigenvalue weighted by atomic mass is 35.5. The number of aromatic nitrogens is 2. The number of rotatable bonds is 2. The number of esters is 1. The first-order valence-corrected chi connectivity index (χ1v) is 5.06. The molecule has 1 aromatic heterocycles. The van der Waals surface area contributed by atoms with Crippen LogP contribution < -0.4 is 0 Å². The highest BCUT2D eigenvalue weighted by molar-refractivity contribution is 6.29. The van der Waals surface area contributed by atoms with Crippen LogP contribution in [0.5, 0.6) is 0 Å². The molecule has 16 heavy (non-hydrogen) atoms. The third-order valence-corrected chi connectivity index (χ3v) is 1.75. The van der Waals surface area contributed by atoms with E-state index in [-0.39, 0.29) is 10.8 Å². The molecule has 0 aromatic carbocycles. The van der Waals surface area contributed by atoms with Gasteiger partial charge in [0.25, 0.3) is 0 Å². The van der Waals surface area contributed by atoms with Crippen molar-refractivity contribution >= 4 is 17.6 Å². The second-order valence-electron chi connectivity index (χ2n) is 4.20. The molecule has 0 saturated carbocycles. The van der Waals surface area contributed by atoms with Crippen LogP contribution in [-0.4, -0.2) is 26.6 Å². The van der Waals surface area contributed by atoms with Gasteiger partial charge in [0.2, 0.25) is 0 Å². The summed E-state index contributed by atoms with van der Waals surface area (Å²) in [5.41, 5.74) is -0.545. The Morgan fingerprint density at radius 1 is 1.44 bits per heavy atom. The lowest BCUT2D eigenvalue weighted by atomic mass is 10.2. The number of hydrogen-bond donors (Lipinski definition) is 1. The lowest BCUT2D eigenvalue weighted by Gasteiger charge is -2.21. The van der Waals surface area contributed by atoms with Crippen molar-refractivity contribution in [3.63, 3.8) is 0 Å². The minimum absolute atomic E-state index is 0.110. The summed E-state index contributed by atoms with van der Waals surface area (Å²) in [4.78, 5) is 19.0. The zero-order valence-electron chi connectivity index (χ0n) is 9.27. The molecule has 1 N–H and O–H groups in total. The molecule has 1 atom stereocenters. The Hall–Kier alpha value is -1.20. The van der Waals surface area contributed by atoms with E-state index in [2.05, 4.69) is 9.97 Å². The monoisotopic (exact) mass is 244 g/mol. The van der Waals surface area contributed by atoms with E-state index in [1.807, 2.05) is 0 Å². The molecule has 5 nitrogen and oxygen atoms in total. The van der Waals surface area contributed by atoms with Crippen molar-refractivity contribution in [1.29, 1.82) is 0 Å². The molecule has 0 radical (unpaired) electrons. The molecule has 0 amide bonds. The largest absolute Gasteiger partial charge is 0.458 e. The SMILES string of the molecule is CC(C)(C)OC(=O)C(O)c1cnc(Cl)cn1. The van der Waals surface area contributed by atoms with Crippen LogP contribution in [0.3, 0.4) is 0 Å². The third kappa shape index (κ3) is 3.75. The molecule has 0 saturated heterocycles. The van der Waals surface area contributed by atoms with E-state index in [0.29, 0.717) is 0 Å². The van der Waals surface area contributed by atoms with Crippen LogP contribution in [0.2, 0.25) is 5.15 Å². The second-order valence-corrected chi connectivity index (χ2v) is 4.59. The van der Waals surface area contributed by atoms with Crippen molar-refractivity contribution in [2.45, 2.75) is 32.5 Å². The number of carbonyl (C=O) groups is 1. The molecule has 6 heteroatoms. The average molecular weight is 245 g/mol. The Bertz CT molecular complexity index is 373. The molecule has 0 fully saturated rings. The zero-order valence-corrected chi connectivity index (χ0v) is 10.0. The van der Waals surface area contributed by atoms with Crippen LogP contribution in [0.4, 0.5) is 0 Å². The molecular formula is C10H13ClN2O3. The van der Waals surface area contributed by atoms with Crippen molar-refractivity contribution in [3.05, 3.63) is 23.2 Å². The summed E-state index contributed by atoms with van der Waals surface area (Å²) >= 11 is 5.53. The maximum atomic E-state index is 11.5. The van der Waals surface area contributed by atoms with Crippen LogP contribution in [0.25, 0.3) is 0 Å². The Kier molecular flexibility index (Phi) is 3.83. The van der Waals surface area contributed by atoms with Gasteiger partial charge in [0.15, 0.2) is 6.10 Å². The first kappa shape index (κ1) is 12.9. The Morgan fingerprint density at radius 3 is 2.50 bits per heavy atom. The molecule has 0 aliphatic carbocycles. The quantitative estimate of drug-likeness (QED) is 0.799. The van der Waals surface area contributed by atoms with Gasteiger partial charge in [-0.1, -0.05) is 11.6 Å². The highest BCUT2D eigenvalue weighted by Gasteiger charge is 2.25. The fraction of sp³-hybridized carbons (Fsp3) is 0.500. The molecule has 1 aromatic rings. The van der Waals surface area contributed by atoms with Crippen molar-refractivity contribution in [2.24, 2.45) is 0 Å². The van der Waals surface area contributed by atoms with Crippen molar-refractivity contribution in [3.8, 4) is 0 Å². The number of aliphatic hydroxyl groups is 1. The molecule has 0 aliphatic heterocycles. The van der Waals surface area contributed by atoms with Gasteiger partial charge in [-0.15, -0.1) is 0 Å². The van der Waals surface area contributed by atoms with Gasteiger partial charge < -0.3 is 9.84 Å². The lowest BCUT2D eigenvalue weighted by molar-refractivity contribution is -0.165. The molecule has 88 valence electrons. The molecule has 1 unspecified atom stereocenters. The van der Waals surface area contributed by atoms with Crippen LogP contribution in [0.1, 0.15) is 32.6 Å². The first-order valence-electron chi connectivity index (χ1n) is 4.68. The molecule has 1 heterocycles. The van der Waals surface area contributed by atoms with E-state index in [4.69, 9.17) is 16.3 Å². The minimum atomic E-state index is -1.44. The summed E-state index contributed by atoms with van der Waals surface area (Å²) in [6.45, 7) is 5.14. The van der Waals surface area contributed by atoms with E-state index in [1.54, 1.807) is 20.8 Å². The van der Waals surface area contributed by atoms with Gasteiger partial charge in [-0.05, 0) is 20.8 Å². The lowest BCUT2D eigenvalue weighted by Crippen LogP contribution is -2.28. The summed E-state index contributed by atoms with van der Waals surface area (Å²) in [6.07, 6.45) is 1.05. The van der Waals surface area contributed by atoms with Crippen molar-refractivity contribution < 1.29 is 14.6 Å². The standard InChI is InChI=1S/C10H13ClN2O3/c1-10(2,3)16-9(15)8(14)6-4-13-7(11)5-12-6/h4-5,8,14H,1-3H3. The Labute approximate surface area is 98.4 Å². The molecular weight excluding hydrogens is 232 g/mol. The highest BCUT2D eigenvalue weighted by Crippen LogP contribution is 2.16. The first-order chi connectivity index (χ1) is 7.29. The fourth-order valence-corrected chi connectivity index (χ4v) is 1.04. The Balaban J connectivity index is 2.74. The summed E-state index contributed by atoms with van der Waals surface area (Å²) in [6, 6.07) is 0. The Morgan fingerprint density at radius 2 is 2.06 bits per heavy atom. The number of aliphatic hydroxyl groups excluding tert-OH is 1. The number of halogens is 1. The van der Waals surface area contributed by atoms with Gasteiger partial charge in [0, 0.05) is 0 Å². The van der Waals surface area contributed by atoms with Crippen LogP contribution >= 0.6 is 11.6 Å². The van der Waals surface area contributed by atoms with E-state index in [0.717, 1.165) is 0 Å². The smallest absolute Gasteiger partial charge is 0.341 e. The van der Waals surface area contributed by atoms with E-state index < -0.39 is 17.7 Å². The molecule has 0 spiro atoms. The second kappa shape index (κ2) is 4.76. The topological polar surface area (TPSA) is 72.3 Å². The summed E-state index contributed by atoms with van der Waals surface area (Å²) in [5, 5.41) is 9.82. The van der Waals surface area contributed by atoms with E-state index in [1.165, 1.54) is 12.4 Å². The number of ether oxygens (including phenoxy) is 1. The van der Waals surface area contributed by atoms with Crippen LogP contribution in [0, 0.1) is 0 Å². The maximum absolute atomic E-state index is 11.5.